The fourth-order valence-corrected chi connectivity index (χ4v) is 1.48. The summed E-state index contributed by atoms with van der Waals surface area (Å²) in [6, 6.07) is -2.35. The van der Waals surface area contributed by atoms with Crippen LogP contribution in [-0.4, -0.2) is 49.2 Å². The minimum Gasteiger partial charge on any atom is -0.461 e. The minimum absolute atomic E-state index is 0.0504. The summed E-state index contributed by atoms with van der Waals surface area (Å²) < 4.78 is 14.0. The van der Waals surface area contributed by atoms with Crippen LogP contribution in [0.1, 0.15) is 25.7 Å². The van der Waals surface area contributed by atoms with Gasteiger partial charge in [0.1, 0.15) is 25.3 Å². The van der Waals surface area contributed by atoms with Crippen LogP contribution in [0.25, 0.3) is 0 Å². The third kappa shape index (κ3) is 10.8. The molecule has 0 saturated carbocycles. The zero-order valence-electron chi connectivity index (χ0n) is 14.0. The summed E-state index contributed by atoms with van der Waals surface area (Å²) in [6.45, 7) is 6.89. The highest BCUT2D eigenvalue weighted by atomic mass is 16.6. The summed E-state index contributed by atoms with van der Waals surface area (Å²) in [6.07, 6.45) is 2.48. The second-order valence-corrected chi connectivity index (χ2v) is 4.97. The Labute approximate surface area is 146 Å². The second-order valence-electron chi connectivity index (χ2n) is 4.97. The Balaban J connectivity index is 4.14. The molecule has 9 heteroatoms. The van der Waals surface area contributed by atoms with Gasteiger partial charge in [0.2, 0.25) is 0 Å². The number of hydrogen-bond donors (Lipinski definition) is 2. The predicted octanol–water partition coefficient (Wildman–Crippen LogP) is -0.270. The highest BCUT2D eigenvalue weighted by Crippen LogP contribution is 2.03. The summed E-state index contributed by atoms with van der Waals surface area (Å²) in [4.78, 5) is 45.9. The van der Waals surface area contributed by atoms with Gasteiger partial charge in [-0.1, -0.05) is 25.3 Å². The van der Waals surface area contributed by atoms with Gasteiger partial charge < -0.3 is 25.7 Å². The first-order chi connectivity index (χ1) is 11.8. The average molecular weight is 356 g/mol. The van der Waals surface area contributed by atoms with Crippen LogP contribution in [0.3, 0.4) is 0 Å². The maximum absolute atomic E-state index is 11.7. The van der Waals surface area contributed by atoms with Gasteiger partial charge in [0.25, 0.3) is 0 Å². The van der Waals surface area contributed by atoms with E-state index in [-0.39, 0.29) is 38.9 Å². The van der Waals surface area contributed by atoms with Crippen LogP contribution in [0.15, 0.2) is 25.3 Å². The molecule has 0 saturated heterocycles. The van der Waals surface area contributed by atoms with E-state index < -0.39 is 36.0 Å². The number of hydrogen-bond acceptors (Lipinski definition) is 9. The molecule has 25 heavy (non-hydrogen) atoms. The Hall–Kier alpha value is -2.52. The number of carbonyl (C=O) groups excluding carboxylic acids is 4. The molecule has 0 aliphatic rings. The third-order valence-electron chi connectivity index (χ3n) is 2.85. The van der Waals surface area contributed by atoms with Crippen molar-refractivity contribution in [2.75, 3.05) is 13.2 Å². The molecule has 0 aliphatic carbocycles. The molecule has 0 rings (SSSR count). The molecule has 0 aliphatic heterocycles. The molecule has 0 radical (unpaired) electrons. The van der Waals surface area contributed by atoms with Gasteiger partial charge in [0.15, 0.2) is 0 Å². The van der Waals surface area contributed by atoms with E-state index >= 15 is 0 Å². The molecule has 0 bridgehead atoms. The summed E-state index contributed by atoms with van der Waals surface area (Å²) in [7, 11) is 0. The number of ether oxygens (including phenoxy) is 3. The Morgan fingerprint density at radius 1 is 0.800 bits per heavy atom. The first-order valence-electron chi connectivity index (χ1n) is 7.61. The lowest BCUT2D eigenvalue weighted by Crippen LogP contribution is -2.40. The van der Waals surface area contributed by atoms with Gasteiger partial charge in [0.05, 0.1) is 0 Å². The molecule has 0 aromatic rings. The van der Waals surface area contributed by atoms with Crippen molar-refractivity contribution < 1.29 is 33.4 Å². The van der Waals surface area contributed by atoms with Crippen molar-refractivity contribution in [2.24, 2.45) is 11.5 Å². The number of carbonyl (C=O) groups is 4. The highest BCUT2D eigenvalue weighted by molar-refractivity contribution is 5.91. The molecule has 140 valence electrons. The monoisotopic (exact) mass is 356 g/mol. The van der Waals surface area contributed by atoms with Crippen LogP contribution in [-0.2, 0) is 33.4 Å². The van der Waals surface area contributed by atoms with E-state index in [4.69, 9.17) is 20.9 Å². The van der Waals surface area contributed by atoms with Crippen molar-refractivity contribution in [3.63, 3.8) is 0 Å². The fraction of sp³-hybridized carbons (Fsp3) is 0.500. The Morgan fingerprint density at radius 2 is 1.16 bits per heavy atom. The van der Waals surface area contributed by atoms with Crippen LogP contribution >= 0.6 is 0 Å². The molecule has 0 unspecified atom stereocenters. The maximum atomic E-state index is 11.7. The fourth-order valence-electron chi connectivity index (χ4n) is 1.48. The lowest BCUT2D eigenvalue weighted by atomic mass is 10.1. The maximum Gasteiger partial charge on any atom is 0.330 e. The second kappa shape index (κ2) is 12.8. The smallest absolute Gasteiger partial charge is 0.330 e. The van der Waals surface area contributed by atoms with E-state index in [2.05, 4.69) is 17.9 Å². The third-order valence-corrected chi connectivity index (χ3v) is 2.85. The van der Waals surface area contributed by atoms with Crippen molar-refractivity contribution in [3.8, 4) is 0 Å². The molecular weight excluding hydrogens is 332 g/mol. The molecular formula is C16H24N2O7. The standard InChI is InChI=1S/C16H24N2O7/c1-3-9-23-13(19)7-5-11(17)15(21)25-16(22)12(18)6-8-14(20)24-10-4-2/h3-4,11-12H,1-2,5-10,17-18H2/t11-,12-/m0/s1. The van der Waals surface area contributed by atoms with Crippen molar-refractivity contribution in [3.05, 3.63) is 25.3 Å². The first kappa shape index (κ1) is 22.5. The van der Waals surface area contributed by atoms with Crippen LogP contribution in [0, 0.1) is 0 Å². The average Bonchev–Trinajstić information content (AvgIpc) is 2.60. The Morgan fingerprint density at radius 3 is 1.48 bits per heavy atom. The topological polar surface area (TPSA) is 148 Å². The molecule has 9 nitrogen and oxygen atoms in total. The molecule has 4 N–H and O–H groups in total. The summed E-state index contributed by atoms with van der Waals surface area (Å²) in [5.41, 5.74) is 11.1. The van der Waals surface area contributed by atoms with Gasteiger partial charge in [-0.15, -0.1) is 0 Å². The van der Waals surface area contributed by atoms with Crippen LogP contribution < -0.4 is 11.5 Å². The van der Waals surface area contributed by atoms with Gasteiger partial charge >= 0.3 is 23.9 Å². The molecule has 0 aromatic carbocycles. The molecule has 0 fully saturated rings. The normalized spacial score (nSPS) is 12.4. The number of rotatable bonds is 12. The highest BCUT2D eigenvalue weighted by Gasteiger charge is 2.24. The van der Waals surface area contributed by atoms with E-state index in [9.17, 15) is 19.2 Å². The van der Waals surface area contributed by atoms with Crippen LogP contribution in [0.5, 0.6) is 0 Å². The zero-order chi connectivity index (χ0) is 19.2. The van der Waals surface area contributed by atoms with Gasteiger partial charge in [0, 0.05) is 12.8 Å². The molecule has 0 aromatic heterocycles. The first-order valence-corrected chi connectivity index (χ1v) is 7.61. The van der Waals surface area contributed by atoms with Gasteiger partial charge in [-0.25, -0.2) is 9.59 Å². The van der Waals surface area contributed by atoms with E-state index in [0.29, 0.717) is 0 Å². The van der Waals surface area contributed by atoms with Crippen LogP contribution in [0.4, 0.5) is 0 Å². The largest absolute Gasteiger partial charge is 0.461 e. The number of esters is 4. The van der Waals surface area contributed by atoms with E-state index in [1.165, 1.54) is 12.2 Å². The van der Waals surface area contributed by atoms with Crippen molar-refractivity contribution in [1.82, 2.24) is 0 Å². The van der Waals surface area contributed by atoms with E-state index in [1.54, 1.807) is 0 Å². The summed E-state index contributed by atoms with van der Waals surface area (Å²) in [5.74, 6) is -3.12. The minimum atomic E-state index is -1.18. The molecule has 2 atom stereocenters. The summed E-state index contributed by atoms with van der Waals surface area (Å²) in [5, 5.41) is 0. The Bertz CT molecular complexity index is 461. The number of nitrogens with two attached hydrogens (primary N) is 2. The molecule has 0 spiro atoms. The van der Waals surface area contributed by atoms with Crippen molar-refractivity contribution in [1.29, 1.82) is 0 Å². The van der Waals surface area contributed by atoms with E-state index in [1.807, 2.05) is 0 Å². The Kier molecular flexibility index (Phi) is 11.6. The van der Waals surface area contributed by atoms with Crippen LogP contribution in [0.2, 0.25) is 0 Å². The van der Waals surface area contributed by atoms with Gasteiger partial charge in [-0.05, 0) is 12.8 Å². The van der Waals surface area contributed by atoms with Gasteiger partial charge in [-0.3, -0.25) is 9.59 Å². The predicted molar refractivity (Wildman–Crippen MR) is 87.8 cm³/mol. The quantitative estimate of drug-likeness (QED) is 0.208. The lowest BCUT2D eigenvalue weighted by molar-refractivity contribution is -0.161. The SMILES string of the molecule is C=CCOC(=O)CC[C@H](N)C(=O)OC(=O)[C@@H](N)CCC(=O)OCC=C. The van der Waals surface area contributed by atoms with Gasteiger partial charge in [-0.2, -0.15) is 0 Å². The summed E-state index contributed by atoms with van der Waals surface area (Å²) >= 11 is 0. The lowest BCUT2D eigenvalue weighted by Gasteiger charge is -2.13. The van der Waals surface area contributed by atoms with Crippen molar-refractivity contribution >= 4 is 23.9 Å². The van der Waals surface area contributed by atoms with Crippen molar-refractivity contribution in [2.45, 2.75) is 37.8 Å². The zero-order valence-corrected chi connectivity index (χ0v) is 14.0. The molecule has 0 amide bonds. The van der Waals surface area contributed by atoms with E-state index in [0.717, 1.165) is 0 Å². The molecule has 0 heterocycles.